The van der Waals surface area contributed by atoms with Crippen molar-refractivity contribution in [3.05, 3.63) is 0 Å². The third-order valence-electron chi connectivity index (χ3n) is 3.23. The van der Waals surface area contributed by atoms with Crippen molar-refractivity contribution in [1.29, 1.82) is 0 Å². The van der Waals surface area contributed by atoms with Gasteiger partial charge in [-0.15, -0.1) is 0 Å². The van der Waals surface area contributed by atoms with Gasteiger partial charge >= 0.3 is 12.0 Å². The summed E-state index contributed by atoms with van der Waals surface area (Å²) >= 11 is 0. The molecule has 2 amide bonds. The average Bonchev–Trinajstić information content (AvgIpc) is 3.00. The second-order valence-electron chi connectivity index (χ2n) is 4.74. The number of rotatable bonds is 4. The van der Waals surface area contributed by atoms with E-state index in [4.69, 9.17) is 5.11 Å². The first-order valence-corrected chi connectivity index (χ1v) is 6.03. The normalized spacial score (nSPS) is 23.8. The quantitative estimate of drug-likeness (QED) is 0.733. The lowest BCUT2D eigenvalue weighted by Gasteiger charge is -2.27. The highest BCUT2D eigenvalue weighted by Gasteiger charge is 2.36. The lowest BCUT2D eigenvalue weighted by Crippen LogP contribution is -2.44. The van der Waals surface area contributed by atoms with E-state index < -0.39 is 12.1 Å². The predicted molar refractivity (Wildman–Crippen MR) is 59.6 cm³/mol. The maximum absolute atomic E-state index is 12.1. The molecule has 2 rings (SSSR count). The molecule has 2 N–H and O–H groups in total. The van der Waals surface area contributed by atoms with E-state index in [9.17, 15) is 14.7 Å². The molecule has 6 nitrogen and oxygen atoms in total. The zero-order chi connectivity index (χ0) is 12.4. The van der Waals surface area contributed by atoms with Crippen molar-refractivity contribution in [3.63, 3.8) is 0 Å². The highest BCUT2D eigenvalue weighted by atomic mass is 16.4. The Bertz CT molecular complexity index is 317. The smallest absolute Gasteiger partial charge is 0.320 e. The van der Waals surface area contributed by atoms with Crippen LogP contribution in [0.1, 0.15) is 25.7 Å². The molecular formula is C11H18N2O4. The first-order chi connectivity index (χ1) is 8.08. The number of nitrogens with zero attached hydrogens (tertiary/aromatic N) is 2. The molecule has 17 heavy (non-hydrogen) atoms. The summed E-state index contributed by atoms with van der Waals surface area (Å²) < 4.78 is 0. The molecule has 1 saturated heterocycles. The Morgan fingerprint density at radius 3 is 2.47 bits per heavy atom. The highest BCUT2D eigenvalue weighted by Crippen LogP contribution is 2.28. The number of aliphatic carboxylic acids is 1. The second kappa shape index (κ2) is 4.91. The Morgan fingerprint density at radius 1 is 1.29 bits per heavy atom. The maximum atomic E-state index is 12.1. The van der Waals surface area contributed by atoms with Gasteiger partial charge in [0.25, 0.3) is 0 Å². The Morgan fingerprint density at radius 2 is 2.00 bits per heavy atom. The van der Waals surface area contributed by atoms with Crippen LogP contribution in [-0.4, -0.2) is 63.8 Å². The van der Waals surface area contributed by atoms with E-state index >= 15 is 0 Å². The van der Waals surface area contributed by atoms with Crippen molar-refractivity contribution in [2.75, 3.05) is 19.6 Å². The molecule has 0 spiro atoms. The van der Waals surface area contributed by atoms with E-state index in [1.807, 2.05) is 0 Å². The summed E-state index contributed by atoms with van der Waals surface area (Å²) in [6.45, 7) is 1.21. The number of urea groups is 1. The van der Waals surface area contributed by atoms with E-state index in [0.29, 0.717) is 19.5 Å². The fraction of sp³-hybridized carbons (Fsp3) is 0.818. The van der Waals surface area contributed by atoms with Gasteiger partial charge in [-0.05, 0) is 19.3 Å². The van der Waals surface area contributed by atoms with Crippen LogP contribution in [0.4, 0.5) is 4.79 Å². The van der Waals surface area contributed by atoms with Gasteiger partial charge in [-0.3, -0.25) is 4.79 Å². The molecule has 1 heterocycles. The molecule has 1 aliphatic carbocycles. The molecule has 2 fully saturated rings. The Labute approximate surface area is 99.8 Å². The van der Waals surface area contributed by atoms with E-state index in [0.717, 1.165) is 12.8 Å². The number of hydrogen-bond donors (Lipinski definition) is 2. The standard InChI is InChI=1S/C11H18N2O4/c14-9-3-5-12(7-9)11(17)13(8-1-2-8)6-4-10(15)16/h8-9,14H,1-7H2,(H,15,16). The van der Waals surface area contributed by atoms with Crippen LogP contribution in [-0.2, 0) is 4.79 Å². The SMILES string of the molecule is O=C(O)CCN(C(=O)N1CCC(O)C1)C1CC1. The minimum atomic E-state index is -0.884. The van der Waals surface area contributed by atoms with Crippen molar-refractivity contribution >= 4 is 12.0 Å². The molecular weight excluding hydrogens is 224 g/mol. The van der Waals surface area contributed by atoms with Gasteiger partial charge in [0, 0.05) is 25.7 Å². The molecule has 2 aliphatic rings. The fourth-order valence-corrected chi connectivity index (χ4v) is 2.13. The third-order valence-corrected chi connectivity index (χ3v) is 3.23. The third kappa shape index (κ3) is 3.09. The van der Waals surface area contributed by atoms with Gasteiger partial charge in [0.1, 0.15) is 0 Å². The lowest BCUT2D eigenvalue weighted by atomic mass is 10.3. The number of hydrogen-bond acceptors (Lipinski definition) is 3. The van der Waals surface area contributed by atoms with Crippen LogP contribution in [0.15, 0.2) is 0 Å². The van der Waals surface area contributed by atoms with Crippen molar-refractivity contribution in [1.82, 2.24) is 9.80 Å². The van der Waals surface area contributed by atoms with E-state index in [1.54, 1.807) is 9.80 Å². The number of aliphatic hydroxyl groups excluding tert-OH is 1. The van der Waals surface area contributed by atoms with Gasteiger partial charge in [0.2, 0.25) is 0 Å². The van der Waals surface area contributed by atoms with Gasteiger partial charge in [-0.25, -0.2) is 4.79 Å². The monoisotopic (exact) mass is 242 g/mol. The van der Waals surface area contributed by atoms with E-state index in [1.165, 1.54) is 0 Å². The van der Waals surface area contributed by atoms with Crippen molar-refractivity contribution in [3.8, 4) is 0 Å². The van der Waals surface area contributed by atoms with Crippen LogP contribution >= 0.6 is 0 Å². The van der Waals surface area contributed by atoms with Gasteiger partial charge in [0.05, 0.1) is 12.5 Å². The second-order valence-corrected chi connectivity index (χ2v) is 4.74. The molecule has 0 radical (unpaired) electrons. The molecule has 1 saturated carbocycles. The Balaban J connectivity index is 1.90. The van der Waals surface area contributed by atoms with Gasteiger partial charge in [-0.1, -0.05) is 0 Å². The largest absolute Gasteiger partial charge is 0.481 e. The minimum absolute atomic E-state index is 0.0152. The summed E-state index contributed by atoms with van der Waals surface area (Å²) in [5, 5.41) is 18.1. The number of carbonyl (C=O) groups is 2. The zero-order valence-corrected chi connectivity index (χ0v) is 9.71. The van der Waals surface area contributed by atoms with Crippen LogP contribution in [0.3, 0.4) is 0 Å². The molecule has 96 valence electrons. The molecule has 1 atom stereocenters. The molecule has 0 aromatic carbocycles. The molecule has 6 heteroatoms. The molecule has 1 aliphatic heterocycles. The zero-order valence-electron chi connectivity index (χ0n) is 9.71. The Hall–Kier alpha value is -1.30. The summed E-state index contributed by atoms with van der Waals surface area (Å²) in [4.78, 5) is 25.9. The number of carboxylic acids is 1. The molecule has 0 aromatic heterocycles. The van der Waals surface area contributed by atoms with Crippen molar-refractivity contribution < 1.29 is 19.8 Å². The topological polar surface area (TPSA) is 81.1 Å². The van der Waals surface area contributed by atoms with Crippen LogP contribution in [0, 0.1) is 0 Å². The fourth-order valence-electron chi connectivity index (χ4n) is 2.13. The van der Waals surface area contributed by atoms with Gasteiger partial charge in [0.15, 0.2) is 0 Å². The lowest BCUT2D eigenvalue weighted by molar-refractivity contribution is -0.137. The summed E-state index contributed by atoms with van der Waals surface area (Å²) in [7, 11) is 0. The minimum Gasteiger partial charge on any atom is -0.481 e. The highest BCUT2D eigenvalue weighted by molar-refractivity contribution is 5.76. The summed E-state index contributed by atoms with van der Waals surface area (Å²) in [6, 6.07) is 0.0879. The number of carboxylic acid groups (broad SMARTS) is 1. The van der Waals surface area contributed by atoms with Crippen LogP contribution in [0.2, 0.25) is 0 Å². The number of β-amino-alcohol motifs (C(OH)–C–C–N with tert-alkyl or cyclic N) is 1. The first kappa shape index (κ1) is 12.2. The molecule has 0 aromatic rings. The van der Waals surface area contributed by atoms with Crippen molar-refractivity contribution in [2.45, 2.75) is 37.8 Å². The number of aliphatic hydroxyl groups is 1. The summed E-state index contributed by atoms with van der Waals surface area (Å²) in [5.41, 5.74) is 0. The predicted octanol–water partition coefficient (Wildman–Crippen LogP) is 0.112. The Kier molecular flexibility index (Phi) is 3.51. The van der Waals surface area contributed by atoms with Crippen molar-refractivity contribution in [2.24, 2.45) is 0 Å². The number of likely N-dealkylation sites (tertiary alicyclic amines) is 1. The molecule has 0 bridgehead atoms. The summed E-state index contributed by atoms with van der Waals surface area (Å²) in [6.07, 6.45) is 2.09. The van der Waals surface area contributed by atoms with E-state index in [-0.39, 0.29) is 25.0 Å². The maximum Gasteiger partial charge on any atom is 0.320 e. The number of carbonyl (C=O) groups excluding carboxylic acids is 1. The number of amides is 2. The average molecular weight is 242 g/mol. The van der Waals surface area contributed by atoms with Gasteiger partial charge < -0.3 is 20.0 Å². The van der Waals surface area contributed by atoms with Crippen LogP contribution in [0.25, 0.3) is 0 Å². The first-order valence-electron chi connectivity index (χ1n) is 6.03. The van der Waals surface area contributed by atoms with E-state index in [2.05, 4.69) is 0 Å². The van der Waals surface area contributed by atoms with Crippen LogP contribution in [0.5, 0.6) is 0 Å². The summed E-state index contributed by atoms with van der Waals surface area (Å²) in [5.74, 6) is -0.884. The molecule has 1 unspecified atom stereocenters. The van der Waals surface area contributed by atoms with Crippen LogP contribution < -0.4 is 0 Å². The van der Waals surface area contributed by atoms with Gasteiger partial charge in [-0.2, -0.15) is 0 Å².